The Hall–Kier alpha value is -2.33. The van der Waals surface area contributed by atoms with E-state index in [1.54, 1.807) is 4.31 Å². The fraction of sp³-hybridized carbons (Fsp3) is 0.360. The maximum absolute atomic E-state index is 13.8. The van der Waals surface area contributed by atoms with Crippen molar-refractivity contribution in [2.24, 2.45) is 11.8 Å². The summed E-state index contributed by atoms with van der Waals surface area (Å²) in [5, 5.41) is 0. The Labute approximate surface area is 175 Å². The maximum Gasteiger partial charge on any atom is 0.264 e. The number of hydrogen-bond donors (Lipinski definition) is 0. The Kier molecular flexibility index (Phi) is 5.77. The lowest BCUT2D eigenvalue weighted by Crippen LogP contribution is -2.41. The standard InChI is InChI=1S/C25H31NO2S/c1-16(2)24-23(21(7)22-11-9-8-10-12-22)20(6)15-26(24)29(27,28)25-18(4)13-17(3)14-19(25)5/h8-16,23-24H,7H2,1-6H3/t23-,24+/m1/s1. The molecule has 4 heteroatoms. The molecule has 1 aliphatic heterocycles. The van der Waals surface area contributed by atoms with Crippen molar-refractivity contribution < 1.29 is 8.42 Å². The van der Waals surface area contributed by atoms with E-state index in [2.05, 4.69) is 20.4 Å². The largest absolute Gasteiger partial charge is 0.269 e. The Balaban J connectivity index is 2.10. The van der Waals surface area contributed by atoms with Gasteiger partial charge in [0.25, 0.3) is 10.0 Å². The molecule has 154 valence electrons. The molecule has 0 saturated carbocycles. The zero-order valence-electron chi connectivity index (χ0n) is 18.2. The molecule has 0 aromatic heterocycles. The van der Waals surface area contributed by atoms with E-state index in [1.807, 2.05) is 76.4 Å². The molecule has 0 saturated heterocycles. The lowest BCUT2D eigenvalue weighted by atomic mass is 9.81. The van der Waals surface area contributed by atoms with E-state index in [0.717, 1.165) is 33.4 Å². The van der Waals surface area contributed by atoms with Crippen molar-refractivity contribution in [1.29, 1.82) is 0 Å². The summed E-state index contributed by atoms with van der Waals surface area (Å²) >= 11 is 0. The van der Waals surface area contributed by atoms with Gasteiger partial charge >= 0.3 is 0 Å². The summed E-state index contributed by atoms with van der Waals surface area (Å²) in [5.41, 5.74) is 5.71. The number of nitrogens with zero attached hydrogens (tertiary/aromatic N) is 1. The number of aryl methyl sites for hydroxylation is 3. The first-order valence-corrected chi connectivity index (χ1v) is 11.5. The Morgan fingerprint density at radius 2 is 1.55 bits per heavy atom. The van der Waals surface area contributed by atoms with Gasteiger partial charge in [-0.25, -0.2) is 8.42 Å². The van der Waals surface area contributed by atoms with Crippen LogP contribution in [0.3, 0.4) is 0 Å². The van der Waals surface area contributed by atoms with Crippen LogP contribution >= 0.6 is 0 Å². The molecule has 0 fully saturated rings. The summed E-state index contributed by atoms with van der Waals surface area (Å²) in [4.78, 5) is 0.420. The van der Waals surface area contributed by atoms with Crippen molar-refractivity contribution in [2.75, 3.05) is 0 Å². The average Bonchev–Trinajstić information content (AvgIpc) is 2.99. The second kappa shape index (κ2) is 7.83. The second-order valence-corrected chi connectivity index (χ2v) is 10.3. The number of benzene rings is 2. The van der Waals surface area contributed by atoms with Gasteiger partial charge in [-0.05, 0) is 61.4 Å². The molecule has 0 bridgehead atoms. The monoisotopic (exact) mass is 409 g/mol. The van der Waals surface area contributed by atoms with E-state index in [4.69, 9.17) is 0 Å². The average molecular weight is 410 g/mol. The molecule has 1 aliphatic rings. The van der Waals surface area contributed by atoms with Gasteiger partial charge < -0.3 is 0 Å². The first-order chi connectivity index (χ1) is 13.6. The third-order valence-corrected chi connectivity index (χ3v) is 7.86. The number of sulfonamides is 1. The van der Waals surface area contributed by atoms with Gasteiger partial charge in [0.1, 0.15) is 0 Å². The first kappa shape index (κ1) is 21.4. The van der Waals surface area contributed by atoms with Crippen LogP contribution in [-0.2, 0) is 10.0 Å². The topological polar surface area (TPSA) is 37.4 Å². The summed E-state index contributed by atoms with van der Waals surface area (Å²) in [6.07, 6.45) is 1.82. The van der Waals surface area contributed by atoms with Crippen molar-refractivity contribution >= 4 is 15.6 Å². The quantitative estimate of drug-likeness (QED) is 0.619. The zero-order chi connectivity index (χ0) is 21.5. The molecule has 2 aromatic carbocycles. The van der Waals surface area contributed by atoms with Gasteiger partial charge in [-0.2, -0.15) is 0 Å². The predicted octanol–water partition coefficient (Wildman–Crippen LogP) is 5.87. The SMILES string of the molecule is C=C(c1ccccc1)[C@H]1C(C)=CN(S(=O)(=O)c2c(C)cc(C)cc2C)[C@H]1C(C)C. The highest BCUT2D eigenvalue weighted by atomic mass is 32.2. The van der Waals surface area contributed by atoms with E-state index in [-0.39, 0.29) is 17.9 Å². The highest BCUT2D eigenvalue weighted by Gasteiger charge is 2.43. The number of hydrogen-bond acceptors (Lipinski definition) is 2. The summed E-state index contributed by atoms with van der Waals surface area (Å²) in [7, 11) is -3.68. The Morgan fingerprint density at radius 3 is 2.07 bits per heavy atom. The Bertz CT molecular complexity index is 1040. The molecule has 0 unspecified atom stereocenters. The van der Waals surface area contributed by atoms with E-state index in [9.17, 15) is 8.42 Å². The zero-order valence-corrected chi connectivity index (χ0v) is 19.0. The van der Waals surface area contributed by atoms with E-state index >= 15 is 0 Å². The van der Waals surface area contributed by atoms with E-state index in [1.165, 1.54) is 0 Å². The van der Waals surface area contributed by atoms with E-state index < -0.39 is 10.0 Å². The molecular weight excluding hydrogens is 378 g/mol. The predicted molar refractivity (Wildman–Crippen MR) is 121 cm³/mol. The minimum atomic E-state index is -3.68. The molecule has 0 amide bonds. The van der Waals surface area contributed by atoms with Crippen LogP contribution in [0.1, 0.15) is 43.0 Å². The molecular formula is C25H31NO2S. The van der Waals surface area contributed by atoms with Crippen LogP contribution in [0.25, 0.3) is 5.57 Å². The molecule has 1 heterocycles. The first-order valence-electron chi connectivity index (χ1n) is 10.1. The van der Waals surface area contributed by atoms with E-state index in [0.29, 0.717) is 4.90 Å². The third-order valence-electron chi connectivity index (χ3n) is 5.80. The highest BCUT2D eigenvalue weighted by Crippen LogP contribution is 2.43. The second-order valence-electron chi connectivity index (χ2n) is 8.54. The van der Waals surface area contributed by atoms with Crippen molar-refractivity contribution in [3.05, 3.63) is 83.1 Å². The van der Waals surface area contributed by atoms with Gasteiger partial charge in [-0.1, -0.05) is 68.5 Å². The van der Waals surface area contributed by atoms with Crippen molar-refractivity contribution in [3.63, 3.8) is 0 Å². The number of rotatable bonds is 5. The van der Waals surface area contributed by atoms with Crippen molar-refractivity contribution in [2.45, 2.75) is 52.5 Å². The van der Waals surface area contributed by atoms with Gasteiger partial charge in [-0.15, -0.1) is 0 Å². The molecule has 0 radical (unpaired) electrons. The fourth-order valence-corrected chi connectivity index (χ4v) is 6.82. The molecule has 29 heavy (non-hydrogen) atoms. The minimum absolute atomic E-state index is 0.0433. The minimum Gasteiger partial charge on any atom is -0.269 e. The lowest BCUT2D eigenvalue weighted by Gasteiger charge is -2.34. The third kappa shape index (κ3) is 3.78. The van der Waals surface area contributed by atoms with Crippen LogP contribution < -0.4 is 0 Å². The maximum atomic E-state index is 13.8. The summed E-state index contributed by atoms with van der Waals surface area (Å²) in [6, 6.07) is 13.7. The molecule has 2 aromatic rings. The molecule has 2 atom stereocenters. The summed E-state index contributed by atoms with van der Waals surface area (Å²) in [5.74, 6) is 0.0910. The Morgan fingerprint density at radius 1 is 1.00 bits per heavy atom. The summed E-state index contributed by atoms with van der Waals surface area (Å²) in [6.45, 7) is 16.3. The molecule has 0 spiro atoms. The van der Waals surface area contributed by atoms with Crippen LogP contribution in [0.4, 0.5) is 0 Å². The molecule has 3 nitrogen and oxygen atoms in total. The van der Waals surface area contributed by atoms with Crippen LogP contribution in [0.5, 0.6) is 0 Å². The van der Waals surface area contributed by atoms with Gasteiger partial charge in [-0.3, -0.25) is 4.31 Å². The lowest BCUT2D eigenvalue weighted by molar-refractivity contribution is 0.308. The smallest absolute Gasteiger partial charge is 0.264 e. The van der Waals surface area contributed by atoms with Crippen LogP contribution in [0.15, 0.2) is 65.7 Å². The van der Waals surface area contributed by atoms with Gasteiger partial charge in [0.15, 0.2) is 0 Å². The molecule has 0 N–H and O–H groups in total. The van der Waals surface area contributed by atoms with Crippen LogP contribution in [-0.4, -0.2) is 18.8 Å². The van der Waals surface area contributed by atoms with Gasteiger partial charge in [0.05, 0.1) is 10.9 Å². The van der Waals surface area contributed by atoms with Crippen molar-refractivity contribution in [1.82, 2.24) is 4.31 Å². The fourth-order valence-electron chi connectivity index (χ4n) is 4.68. The molecule has 0 aliphatic carbocycles. The van der Waals surface area contributed by atoms with Crippen LogP contribution in [0, 0.1) is 32.6 Å². The highest BCUT2D eigenvalue weighted by molar-refractivity contribution is 7.89. The normalized spacial score (nSPS) is 19.6. The van der Waals surface area contributed by atoms with Crippen molar-refractivity contribution in [3.8, 4) is 0 Å². The summed E-state index contributed by atoms with van der Waals surface area (Å²) < 4.78 is 29.2. The van der Waals surface area contributed by atoms with Crippen LogP contribution in [0.2, 0.25) is 0 Å². The van der Waals surface area contributed by atoms with Gasteiger partial charge in [0.2, 0.25) is 0 Å². The molecule has 3 rings (SSSR count). The van der Waals surface area contributed by atoms with Gasteiger partial charge in [0, 0.05) is 12.1 Å².